The van der Waals surface area contributed by atoms with E-state index in [9.17, 15) is 30.0 Å². The zero-order valence-electron chi connectivity index (χ0n) is 36.3. The van der Waals surface area contributed by atoms with Crippen LogP contribution in [0.25, 0.3) is 0 Å². The summed E-state index contributed by atoms with van der Waals surface area (Å²) in [6, 6.07) is 39.2. The first-order chi connectivity index (χ1) is 29.6. The van der Waals surface area contributed by atoms with Gasteiger partial charge in [-0.2, -0.15) is 0 Å². The van der Waals surface area contributed by atoms with Crippen LogP contribution in [0, 0.1) is 0 Å². The molecule has 0 bridgehead atoms. The van der Waals surface area contributed by atoms with E-state index in [0.717, 1.165) is 45.3 Å². The van der Waals surface area contributed by atoms with Crippen LogP contribution < -0.4 is 28.4 Å². The molecule has 0 spiro atoms. The molecule has 0 aliphatic rings. The number of rotatable bonds is 18. The van der Waals surface area contributed by atoms with Gasteiger partial charge in [0.1, 0.15) is 83.6 Å². The van der Waals surface area contributed by atoms with Gasteiger partial charge in [-0.25, -0.2) is 9.59 Å². The molecular formula is C50H52O12Zn. The van der Waals surface area contributed by atoms with E-state index in [4.69, 9.17) is 28.4 Å². The molecule has 6 rings (SSSR count). The summed E-state index contributed by atoms with van der Waals surface area (Å²) >= 11 is 0. The minimum atomic E-state index is -1.17. The van der Waals surface area contributed by atoms with Crippen LogP contribution in [0.15, 0.2) is 133 Å². The average Bonchev–Trinajstić information content (AvgIpc) is 3.27. The maximum atomic E-state index is 11.4. The summed E-state index contributed by atoms with van der Waals surface area (Å²) in [6.07, 6.45) is 0. The number of para-hydroxylation sites is 2. The van der Waals surface area contributed by atoms with Crippen LogP contribution in [0.1, 0.15) is 70.7 Å². The van der Waals surface area contributed by atoms with Gasteiger partial charge >= 0.3 is 11.9 Å². The van der Waals surface area contributed by atoms with Gasteiger partial charge in [0, 0.05) is 41.4 Å². The molecule has 12 nitrogen and oxygen atoms in total. The molecule has 0 amide bonds. The van der Waals surface area contributed by atoms with E-state index in [1.807, 2.05) is 125 Å². The van der Waals surface area contributed by atoms with Crippen molar-refractivity contribution in [2.75, 3.05) is 40.6 Å². The van der Waals surface area contributed by atoms with Gasteiger partial charge in [0.15, 0.2) is 0 Å². The van der Waals surface area contributed by atoms with Gasteiger partial charge in [0.05, 0.1) is 14.2 Å². The zero-order chi connectivity index (χ0) is 44.9. The molecule has 0 heterocycles. The predicted molar refractivity (Wildman–Crippen MR) is 235 cm³/mol. The second kappa shape index (κ2) is 22.4. The zero-order valence-corrected chi connectivity index (χ0v) is 39.3. The van der Waals surface area contributed by atoms with Crippen molar-refractivity contribution in [2.24, 2.45) is 0 Å². The van der Waals surface area contributed by atoms with E-state index in [1.165, 1.54) is 24.3 Å². The van der Waals surface area contributed by atoms with E-state index in [0.29, 0.717) is 37.9 Å². The Morgan fingerprint density at radius 2 is 0.778 bits per heavy atom. The molecule has 6 aromatic rings. The van der Waals surface area contributed by atoms with Crippen LogP contribution in [0.3, 0.4) is 0 Å². The number of ether oxygens (including phenoxy) is 6. The molecule has 0 aliphatic carbocycles. The molecule has 0 radical (unpaired) electrons. The molecule has 4 N–H and O–H groups in total. The number of aromatic hydroxyl groups is 2. The van der Waals surface area contributed by atoms with Gasteiger partial charge < -0.3 is 48.8 Å². The van der Waals surface area contributed by atoms with Crippen molar-refractivity contribution < 1.29 is 77.9 Å². The number of phenols is 2. The first kappa shape index (κ1) is 48.9. The maximum Gasteiger partial charge on any atom is 0.339 e. The molecule has 0 saturated carbocycles. The Balaban J connectivity index is 0.000000272. The van der Waals surface area contributed by atoms with Gasteiger partial charge in [0.25, 0.3) is 0 Å². The quantitative estimate of drug-likeness (QED) is 0.0476. The molecule has 13 heteroatoms. The largest absolute Gasteiger partial charge is 0.507 e. The van der Waals surface area contributed by atoms with Crippen molar-refractivity contribution >= 4 is 11.9 Å². The number of benzene rings is 6. The Bertz CT molecular complexity index is 2260. The molecule has 0 saturated heterocycles. The van der Waals surface area contributed by atoms with Crippen molar-refractivity contribution in [3.05, 3.63) is 167 Å². The Morgan fingerprint density at radius 3 is 1.11 bits per heavy atom. The second-order valence-electron chi connectivity index (χ2n) is 15.1. The van der Waals surface area contributed by atoms with E-state index in [2.05, 4.69) is 0 Å². The number of carboxylic acid groups (broad SMARTS) is 2. The number of hydrogen-bond donors (Lipinski definition) is 4. The topological polar surface area (TPSA) is 170 Å². The summed E-state index contributed by atoms with van der Waals surface area (Å²) in [5, 5.41) is 38.4. The smallest absolute Gasteiger partial charge is 0.339 e. The summed E-state index contributed by atoms with van der Waals surface area (Å²) in [4.78, 5) is 22.9. The molecule has 63 heavy (non-hydrogen) atoms. The minimum Gasteiger partial charge on any atom is -0.507 e. The first-order valence-corrected chi connectivity index (χ1v) is 19.8. The van der Waals surface area contributed by atoms with E-state index in [1.54, 1.807) is 26.4 Å². The number of carbonyl (C=O) groups is 2. The molecule has 6 aromatic carbocycles. The Morgan fingerprint density at radius 1 is 0.460 bits per heavy atom. The van der Waals surface area contributed by atoms with Crippen LogP contribution in [0.2, 0.25) is 0 Å². The Kier molecular flexibility index (Phi) is 17.4. The first-order valence-electron chi connectivity index (χ1n) is 19.8. The molecular weight excluding hydrogens is 858 g/mol. The normalized spacial score (nSPS) is 10.9. The van der Waals surface area contributed by atoms with Crippen molar-refractivity contribution in [2.45, 2.75) is 38.5 Å². The van der Waals surface area contributed by atoms with Gasteiger partial charge in [-0.05, 0) is 96.1 Å². The third-order valence-corrected chi connectivity index (χ3v) is 10.4. The van der Waals surface area contributed by atoms with E-state index in [-0.39, 0.29) is 42.1 Å². The number of hydrogen-bond acceptors (Lipinski definition) is 10. The van der Waals surface area contributed by atoms with Gasteiger partial charge in [0.2, 0.25) is 0 Å². The minimum absolute atomic E-state index is 0. The van der Waals surface area contributed by atoms with Crippen LogP contribution in [0.4, 0.5) is 0 Å². The van der Waals surface area contributed by atoms with Gasteiger partial charge in [-0.1, -0.05) is 76.2 Å². The fourth-order valence-corrected chi connectivity index (χ4v) is 6.69. The number of carboxylic acids is 2. The molecule has 326 valence electrons. The molecule has 0 aromatic heterocycles. The molecule has 0 aliphatic heterocycles. The Labute approximate surface area is 380 Å². The van der Waals surface area contributed by atoms with Gasteiger partial charge in [-0.3, -0.25) is 0 Å². The monoisotopic (exact) mass is 908 g/mol. The van der Waals surface area contributed by atoms with Crippen molar-refractivity contribution in [3.8, 4) is 46.0 Å². The number of aromatic carboxylic acids is 2. The molecule has 0 fully saturated rings. The molecule has 0 atom stereocenters. The van der Waals surface area contributed by atoms with Crippen molar-refractivity contribution in [1.29, 1.82) is 0 Å². The summed E-state index contributed by atoms with van der Waals surface area (Å²) < 4.78 is 33.7. The SMILES string of the molecule is COc1ccc(OCCOc2ccccc2C(C)(C)c2ccc(O)c(C(=O)O)c2)cc1.COc1ccc(OCCOc2ccccc2C(C)(C)c2ccc(O)c(C(=O)O)c2)cc1.[Zn]. The summed E-state index contributed by atoms with van der Waals surface area (Å²) in [7, 11) is 3.23. The molecule has 0 unspecified atom stereocenters. The predicted octanol–water partition coefficient (Wildman–Crippen LogP) is 9.76. The summed E-state index contributed by atoms with van der Waals surface area (Å²) in [5.41, 5.74) is 1.97. The van der Waals surface area contributed by atoms with Crippen LogP contribution in [-0.2, 0) is 30.3 Å². The third kappa shape index (κ3) is 12.7. The van der Waals surface area contributed by atoms with Crippen molar-refractivity contribution in [3.63, 3.8) is 0 Å². The van der Waals surface area contributed by atoms with Gasteiger partial charge in [-0.15, -0.1) is 0 Å². The summed E-state index contributed by atoms with van der Waals surface area (Å²) in [5.74, 6) is 1.50. The van der Waals surface area contributed by atoms with Crippen LogP contribution in [0.5, 0.6) is 46.0 Å². The van der Waals surface area contributed by atoms with E-state index < -0.39 is 22.8 Å². The fraction of sp³-hybridized carbons (Fsp3) is 0.240. The Hall–Kier alpha value is -6.72. The fourth-order valence-electron chi connectivity index (χ4n) is 6.69. The second-order valence-corrected chi connectivity index (χ2v) is 15.1. The number of methoxy groups -OCH3 is 2. The van der Waals surface area contributed by atoms with Crippen LogP contribution in [-0.4, -0.2) is 73.0 Å². The third-order valence-electron chi connectivity index (χ3n) is 10.4. The van der Waals surface area contributed by atoms with E-state index >= 15 is 0 Å². The van der Waals surface area contributed by atoms with Crippen molar-refractivity contribution in [1.82, 2.24) is 0 Å². The summed E-state index contributed by atoms with van der Waals surface area (Å²) in [6.45, 7) is 9.36. The van der Waals surface area contributed by atoms with Crippen LogP contribution >= 0.6 is 0 Å². The average molecular weight is 910 g/mol. The standard InChI is InChI=1S/2C25H26O6.Zn/c2*1-25(2,17-8-13-22(26)20(16-17)24(27)28)21-6-4-5-7-23(21)31-15-14-30-19-11-9-18(29-3)10-12-19;/h2*4-13,16,26H,14-15H2,1-3H3,(H,27,28);. The maximum absolute atomic E-state index is 11.4.